The van der Waals surface area contributed by atoms with Crippen LogP contribution in [0.15, 0.2) is 52.2 Å². The Labute approximate surface area is 128 Å². The van der Waals surface area contributed by atoms with E-state index in [9.17, 15) is 4.79 Å². The van der Waals surface area contributed by atoms with Gasteiger partial charge in [-0.05, 0) is 24.3 Å². The third-order valence-corrected chi connectivity index (χ3v) is 2.85. The SMILES string of the molecule is NC(=NCC(=O)NCc1ccco1)NCCc1ccccn1. The van der Waals surface area contributed by atoms with Crippen LogP contribution in [0.5, 0.6) is 0 Å². The van der Waals surface area contributed by atoms with E-state index in [1.807, 2.05) is 18.2 Å². The van der Waals surface area contributed by atoms with E-state index in [4.69, 9.17) is 10.2 Å². The number of rotatable bonds is 7. The Kier molecular flexibility index (Phi) is 5.98. The molecule has 0 bridgehead atoms. The van der Waals surface area contributed by atoms with Crippen LogP contribution in [0, 0.1) is 0 Å². The van der Waals surface area contributed by atoms with Gasteiger partial charge in [-0.3, -0.25) is 9.78 Å². The normalized spacial score (nSPS) is 11.2. The maximum atomic E-state index is 11.6. The highest BCUT2D eigenvalue weighted by molar-refractivity contribution is 5.83. The van der Waals surface area contributed by atoms with Gasteiger partial charge >= 0.3 is 0 Å². The summed E-state index contributed by atoms with van der Waals surface area (Å²) in [5, 5.41) is 5.63. The van der Waals surface area contributed by atoms with Crippen LogP contribution in [-0.4, -0.2) is 29.9 Å². The highest BCUT2D eigenvalue weighted by Gasteiger charge is 2.02. The summed E-state index contributed by atoms with van der Waals surface area (Å²) in [4.78, 5) is 19.8. The molecule has 2 heterocycles. The van der Waals surface area contributed by atoms with Crippen molar-refractivity contribution >= 4 is 11.9 Å². The second kappa shape index (κ2) is 8.46. The number of aromatic nitrogens is 1. The van der Waals surface area contributed by atoms with E-state index in [1.54, 1.807) is 24.6 Å². The van der Waals surface area contributed by atoms with Gasteiger partial charge in [-0.25, -0.2) is 4.99 Å². The number of hydrogen-bond donors (Lipinski definition) is 3. The molecule has 116 valence electrons. The van der Waals surface area contributed by atoms with Gasteiger partial charge in [0.1, 0.15) is 12.3 Å². The molecule has 2 aromatic heterocycles. The van der Waals surface area contributed by atoms with Crippen molar-refractivity contribution in [2.24, 2.45) is 10.7 Å². The Morgan fingerprint density at radius 1 is 1.27 bits per heavy atom. The van der Waals surface area contributed by atoms with E-state index < -0.39 is 0 Å². The summed E-state index contributed by atoms with van der Waals surface area (Å²) < 4.78 is 5.11. The van der Waals surface area contributed by atoms with Crippen LogP contribution >= 0.6 is 0 Å². The van der Waals surface area contributed by atoms with E-state index >= 15 is 0 Å². The molecule has 0 aliphatic heterocycles. The molecule has 0 aliphatic carbocycles. The summed E-state index contributed by atoms with van der Waals surface area (Å²) in [5.74, 6) is 0.716. The molecule has 0 atom stereocenters. The van der Waals surface area contributed by atoms with Gasteiger partial charge in [0.15, 0.2) is 5.96 Å². The molecule has 0 saturated heterocycles. The lowest BCUT2D eigenvalue weighted by molar-refractivity contribution is -0.119. The van der Waals surface area contributed by atoms with Crippen molar-refractivity contribution in [2.45, 2.75) is 13.0 Å². The number of nitrogens with one attached hydrogen (secondary N) is 2. The molecule has 0 radical (unpaired) electrons. The van der Waals surface area contributed by atoms with Crippen molar-refractivity contribution in [1.29, 1.82) is 0 Å². The summed E-state index contributed by atoms with van der Waals surface area (Å²) in [5.41, 5.74) is 6.67. The number of carbonyl (C=O) groups is 1. The van der Waals surface area contributed by atoms with E-state index in [-0.39, 0.29) is 18.4 Å². The van der Waals surface area contributed by atoms with E-state index in [0.29, 0.717) is 18.8 Å². The molecule has 0 aliphatic rings. The van der Waals surface area contributed by atoms with Crippen LogP contribution in [0.2, 0.25) is 0 Å². The predicted molar refractivity (Wildman–Crippen MR) is 83.0 cm³/mol. The van der Waals surface area contributed by atoms with Gasteiger partial charge in [0, 0.05) is 24.9 Å². The minimum Gasteiger partial charge on any atom is -0.467 e. The molecular formula is C15H19N5O2. The van der Waals surface area contributed by atoms with Gasteiger partial charge in [0.2, 0.25) is 5.91 Å². The van der Waals surface area contributed by atoms with Crippen molar-refractivity contribution in [3.05, 3.63) is 54.2 Å². The first kappa shape index (κ1) is 15.6. The Morgan fingerprint density at radius 3 is 2.91 bits per heavy atom. The van der Waals surface area contributed by atoms with Crippen molar-refractivity contribution < 1.29 is 9.21 Å². The number of aliphatic imine (C=N–C) groups is 1. The van der Waals surface area contributed by atoms with Gasteiger partial charge < -0.3 is 20.8 Å². The predicted octanol–water partition coefficient (Wildman–Crippen LogP) is 0.438. The third kappa shape index (κ3) is 5.66. The lowest BCUT2D eigenvalue weighted by Gasteiger charge is -2.05. The fraction of sp³-hybridized carbons (Fsp3) is 0.267. The van der Waals surface area contributed by atoms with Crippen LogP contribution in [0.25, 0.3) is 0 Å². The van der Waals surface area contributed by atoms with Crippen molar-refractivity contribution in [2.75, 3.05) is 13.1 Å². The molecule has 0 spiro atoms. The lowest BCUT2D eigenvalue weighted by atomic mass is 10.3. The molecule has 22 heavy (non-hydrogen) atoms. The lowest BCUT2D eigenvalue weighted by Crippen LogP contribution is -2.35. The van der Waals surface area contributed by atoms with Gasteiger partial charge in [-0.15, -0.1) is 0 Å². The molecule has 0 fully saturated rings. The molecule has 2 aromatic rings. The summed E-state index contributed by atoms with van der Waals surface area (Å²) in [6.07, 6.45) is 4.04. The van der Waals surface area contributed by atoms with Gasteiger partial charge in [0.05, 0.1) is 12.8 Å². The number of nitrogens with two attached hydrogens (primary N) is 1. The zero-order valence-electron chi connectivity index (χ0n) is 12.2. The van der Waals surface area contributed by atoms with Crippen LogP contribution in [-0.2, 0) is 17.8 Å². The van der Waals surface area contributed by atoms with Crippen LogP contribution in [0.4, 0.5) is 0 Å². The monoisotopic (exact) mass is 301 g/mol. The standard InChI is InChI=1S/C15H19N5O2/c16-15(18-8-6-12-4-1-2-7-17-12)20-11-14(21)19-10-13-5-3-9-22-13/h1-5,7,9H,6,8,10-11H2,(H,19,21)(H3,16,18,20). The molecule has 0 unspecified atom stereocenters. The zero-order chi connectivity index (χ0) is 15.6. The largest absolute Gasteiger partial charge is 0.467 e. The second-order valence-corrected chi connectivity index (χ2v) is 4.56. The molecule has 7 nitrogen and oxygen atoms in total. The summed E-state index contributed by atoms with van der Waals surface area (Å²) >= 11 is 0. The smallest absolute Gasteiger partial charge is 0.242 e. The van der Waals surface area contributed by atoms with E-state index in [0.717, 1.165) is 12.1 Å². The highest BCUT2D eigenvalue weighted by Crippen LogP contribution is 1.98. The van der Waals surface area contributed by atoms with E-state index in [1.165, 1.54) is 0 Å². The number of nitrogens with zero attached hydrogens (tertiary/aromatic N) is 2. The van der Waals surface area contributed by atoms with Gasteiger partial charge in [0.25, 0.3) is 0 Å². The van der Waals surface area contributed by atoms with Crippen molar-refractivity contribution in [1.82, 2.24) is 15.6 Å². The number of furan rings is 1. The maximum absolute atomic E-state index is 11.6. The molecule has 0 saturated carbocycles. The van der Waals surface area contributed by atoms with Crippen LogP contribution in [0.3, 0.4) is 0 Å². The quantitative estimate of drug-likeness (QED) is 0.508. The first-order valence-electron chi connectivity index (χ1n) is 6.97. The maximum Gasteiger partial charge on any atom is 0.242 e. The average Bonchev–Trinajstić information content (AvgIpc) is 3.05. The number of guanidine groups is 1. The van der Waals surface area contributed by atoms with Gasteiger partial charge in [-0.1, -0.05) is 6.07 Å². The van der Waals surface area contributed by atoms with Gasteiger partial charge in [-0.2, -0.15) is 0 Å². The fourth-order valence-electron chi connectivity index (χ4n) is 1.73. The molecule has 0 aromatic carbocycles. The third-order valence-electron chi connectivity index (χ3n) is 2.85. The topological polar surface area (TPSA) is 106 Å². The Bertz CT molecular complexity index is 596. The van der Waals surface area contributed by atoms with Crippen LogP contribution < -0.4 is 16.4 Å². The molecule has 4 N–H and O–H groups in total. The number of pyridine rings is 1. The van der Waals surface area contributed by atoms with E-state index in [2.05, 4.69) is 20.6 Å². The number of carbonyl (C=O) groups excluding carboxylic acids is 1. The Morgan fingerprint density at radius 2 is 2.18 bits per heavy atom. The Balaban J connectivity index is 1.63. The number of amides is 1. The molecular weight excluding hydrogens is 282 g/mol. The summed E-state index contributed by atoms with van der Waals surface area (Å²) in [6.45, 7) is 0.928. The fourth-order valence-corrected chi connectivity index (χ4v) is 1.73. The molecule has 2 rings (SSSR count). The van der Waals surface area contributed by atoms with Crippen molar-refractivity contribution in [3.8, 4) is 0 Å². The number of hydrogen-bond acceptors (Lipinski definition) is 4. The second-order valence-electron chi connectivity index (χ2n) is 4.56. The average molecular weight is 301 g/mol. The first-order valence-corrected chi connectivity index (χ1v) is 6.97. The van der Waals surface area contributed by atoms with Crippen LogP contribution in [0.1, 0.15) is 11.5 Å². The summed E-state index contributed by atoms with van der Waals surface area (Å²) in [6, 6.07) is 9.30. The Hall–Kier alpha value is -2.83. The highest BCUT2D eigenvalue weighted by atomic mass is 16.3. The van der Waals surface area contributed by atoms with Crippen molar-refractivity contribution in [3.63, 3.8) is 0 Å². The summed E-state index contributed by atoms with van der Waals surface area (Å²) in [7, 11) is 0. The minimum absolute atomic E-state index is 0.0247. The minimum atomic E-state index is -0.217. The first-order chi connectivity index (χ1) is 10.7. The zero-order valence-corrected chi connectivity index (χ0v) is 12.2. The molecule has 1 amide bonds. The molecule has 7 heteroatoms.